The SMILES string of the molecule is CC(C)(CNCc1ccc2[nH]c(=O)[nH]c2c1)C(=O)O. The number of aromatic amines is 2. The van der Waals surface area contributed by atoms with Crippen LogP contribution in [0.3, 0.4) is 0 Å². The molecule has 1 aromatic heterocycles. The number of fused-ring (bicyclic) bond motifs is 1. The summed E-state index contributed by atoms with van der Waals surface area (Å²) < 4.78 is 0. The van der Waals surface area contributed by atoms with Crippen molar-refractivity contribution < 1.29 is 9.90 Å². The number of hydrogen-bond acceptors (Lipinski definition) is 3. The maximum absolute atomic E-state index is 11.1. The number of H-pyrrole nitrogens is 2. The Kier molecular flexibility index (Phi) is 3.44. The maximum Gasteiger partial charge on any atom is 0.323 e. The summed E-state index contributed by atoms with van der Waals surface area (Å²) in [5.74, 6) is -0.828. The van der Waals surface area contributed by atoms with Crippen molar-refractivity contribution in [3.63, 3.8) is 0 Å². The van der Waals surface area contributed by atoms with Crippen molar-refractivity contribution in [2.75, 3.05) is 6.54 Å². The molecule has 0 unspecified atom stereocenters. The summed E-state index contributed by atoms with van der Waals surface area (Å²) in [6.07, 6.45) is 0. The lowest BCUT2D eigenvalue weighted by molar-refractivity contribution is -0.146. The van der Waals surface area contributed by atoms with Crippen LogP contribution in [0.25, 0.3) is 11.0 Å². The standard InChI is InChI=1S/C13H17N3O3/c1-13(2,11(17)18)7-14-6-8-3-4-9-10(5-8)16-12(19)15-9/h3-5,14H,6-7H2,1-2H3,(H,17,18)(H2,15,16,19). The molecule has 0 atom stereocenters. The van der Waals surface area contributed by atoms with Gasteiger partial charge in [-0.1, -0.05) is 6.07 Å². The smallest absolute Gasteiger partial charge is 0.323 e. The summed E-state index contributed by atoms with van der Waals surface area (Å²) in [5, 5.41) is 12.1. The first kappa shape index (κ1) is 13.4. The van der Waals surface area contributed by atoms with E-state index in [-0.39, 0.29) is 5.69 Å². The average Bonchev–Trinajstić information content (AvgIpc) is 2.68. The third kappa shape index (κ3) is 3.03. The van der Waals surface area contributed by atoms with Gasteiger partial charge in [0.05, 0.1) is 16.4 Å². The van der Waals surface area contributed by atoms with Crippen LogP contribution >= 0.6 is 0 Å². The molecule has 0 saturated heterocycles. The molecule has 6 heteroatoms. The molecule has 19 heavy (non-hydrogen) atoms. The van der Waals surface area contributed by atoms with E-state index in [1.807, 2.05) is 18.2 Å². The van der Waals surface area contributed by atoms with Crippen molar-refractivity contribution in [3.05, 3.63) is 34.2 Å². The first-order valence-corrected chi connectivity index (χ1v) is 6.03. The Balaban J connectivity index is 2.02. The van der Waals surface area contributed by atoms with Crippen LogP contribution in [0.2, 0.25) is 0 Å². The van der Waals surface area contributed by atoms with E-state index in [0.717, 1.165) is 16.6 Å². The first-order valence-electron chi connectivity index (χ1n) is 6.03. The molecule has 4 N–H and O–H groups in total. The molecule has 0 amide bonds. The fourth-order valence-corrected chi connectivity index (χ4v) is 1.78. The van der Waals surface area contributed by atoms with Gasteiger partial charge in [0.2, 0.25) is 0 Å². The second-order valence-corrected chi connectivity index (χ2v) is 5.25. The quantitative estimate of drug-likeness (QED) is 0.648. The minimum absolute atomic E-state index is 0.230. The minimum atomic E-state index is -0.828. The van der Waals surface area contributed by atoms with Crippen LogP contribution in [-0.2, 0) is 11.3 Å². The third-order valence-electron chi connectivity index (χ3n) is 3.06. The number of carboxylic acids is 1. The Morgan fingerprint density at radius 1 is 1.32 bits per heavy atom. The molecule has 102 valence electrons. The van der Waals surface area contributed by atoms with E-state index in [1.165, 1.54) is 0 Å². The van der Waals surface area contributed by atoms with Gasteiger partial charge in [-0.05, 0) is 31.5 Å². The summed E-state index contributed by atoms with van der Waals surface area (Å²) in [7, 11) is 0. The van der Waals surface area contributed by atoms with Gasteiger partial charge in [0.1, 0.15) is 0 Å². The number of rotatable bonds is 5. The van der Waals surface area contributed by atoms with Crippen LogP contribution in [0.4, 0.5) is 0 Å². The second kappa shape index (κ2) is 4.89. The number of nitrogens with one attached hydrogen (secondary N) is 3. The van der Waals surface area contributed by atoms with Gasteiger partial charge in [-0.15, -0.1) is 0 Å². The van der Waals surface area contributed by atoms with Crippen molar-refractivity contribution in [1.82, 2.24) is 15.3 Å². The fraction of sp³-hybridized carbons (Fsp3) is 0.385. The van der Waals surface area contributed by atoms with Crippen molar-refractivity contribution in [2.24, 2.45) is 5.41 Å². The molecule has 2 rings (SSSR count). The van der Waals surface area contributed by atoms with Crippen molar-refractivity contribution in [2.45, 2.75) is 20.4 Å². The number of benzene rings is 1. The van der Waals surface area contributed by atoms with Crippen molar-refractivity contribution in [3.8, 4) is 0 Å². The van der Waals surface area contributed by atoms with Gasteiger partial charge in [0, 0.05) is 13.1 Å². The molecule has 1 heterocycles. The second-order valence-electron chi connectivity index (χ2n) is 5.25. The third-order valence-corrected chi connectivity index (χ3v) is 3.06. The number of hydrogen-bond donors (Lipinski definition) is 4. The van der Waals surface area contributed by atoms with E-state index in [0.29, 0.717) is 13.1 Å². The summed E-state index contributed by atoms with van der Waals surface area (Å²) in [6, 6.07) is 5.59. The summed E-state index contributed by atoms with van der Waals surface area (Å²) in [5.41, 5.74) is 1.48. The average molecular weight is 263 g/mol. The Morgan fingerprint density at radius 2 is 2.00 bits per heavy atom. The van der Waals surface area contributed by atoms with Gasteiger partial charge >= 0.3 is 11.7 Å². The number of aromatic nitrogens is 2. The van der Waals surface area contributed by atoms with Gasteiger partial charge in [0.15, 0.2) is 0 Å². The van der Waals surface area contributed by atoms with E-state index in [4.69, 9.17) is 5.11 Å². The zero-order chi connectivity index (χ0) is 14.0. The highest BCUT2D eigenvalue weighted by Gasteiger charge is 2.26. The number of imidazole rings is 1. The normalized spacial score (nSPS) is 11.9. The Labute approximate surface area is 109 Å². The molecule has 6 nitrogen and oxygen atoms in total. The summed E-state index contributed by atoms with van der Waals surface area (Å²) in [6.45, 7) is 4.29. The number of carboxylic acid groups (broad SMARTS) is 1. The molecule has 0 aliphatic rings. The van der Waals surface area contributed by atoms with Gasteiger partial charge in [-0.2, -0.15) is 0 Å². The van der Waals surface area contributed by atoms with E-state index in [9.17, 15) is 9.59 Å². The first-order chi connectivity index (χ1) is 8.88. The van der Waals surface area contributed by atoms with E-state index >= 15 is 0 Å². The van der Waals surface area contributed by atoms with Crippen LogP contribution < -0.4 is 11.0 Å². The van der Waals surface area contributed by atoms with Crippen molar-refractivity contribution in [1.29, 1.82) is 0 Å². The lowest BCUT2D eigenvalue weighted by Crippen LogP contribution is -2.35. The Morgan fingerprint density at radius 3 is 2.68 bits per heavy atom. The van der Waals surface area contributed by atoms with Crippen LogP contribution in [0.1, 0.15) is 19.4 Å². The van der Waals surface area contributed by atoms with Gasteiger partial charge in [-0.3, -0.25) is 4.79 Å². The fourth-order valence-electron chi connectivity index (χ4n) is 1.78. The van der Waals surface area contributed by atoms with Crippen LogP contribution in [-0.4, -0.2) is 27.6 Å². The molecular weight excluding hydrogens is 246 g/mol. The lowest BCUT2D eigenvalue weighted by Gasteiger charge is -2.19. The molecule has 1 aromatic carbocycles. The molecular formula is C13H17N3O3. The van der Waals surface area contributed by atoms with E-state index < -0.39 is 11.4 Å². The number of aliphatic carboxylic acids is 1. The Bertz CT molecular complexity index is 654. The van der Waals surface area contributed by atoms with Crippen LogP contribution in [0.5, 0.6) is 0 Å². The molecule has 0 aliphatic carbocycles. The number of carbonyl (C=O) groups is 1. The highest BCUT2D eigenvalue weighted by Crippen LogP contribution is 2.14. The predicted octanol–water partition coefficient (Wildman–Crippen LogP) is 1.06. The largest absolute Gasteiger partial charge is 0.481 e. The van der Waals surface area contributed by atoms with E-state index in [1.54, 1.807) is 13.8 Å². The van der Waals surface area contributed by atoms with E-state index in [2.05, 4.69) is 15.3 Å². The summed E-state index contributed by atoms with van der Waals surface area (Å²) in [4.78, 5) is 27.4. The molecule has 0 fully saturated rings. The van der Waals surface area contributed by atoms with Crippen LogP contribution in [0, 0.1) is 5.41 Å². The summed E-state index contributed by atoms with van der Waals surface area (Å²) >= 11 is 0. The maximum atomic E-state index is 11.1. The molecule has 0 spiro atoms. The minimum Gasteiger partial charge on any atom is -0.481 e. The molecule has 0 radical (unpaired) electrons. The van der Waals surface area contributed by atoms with Gasteiger partial charge < -0.3 is 20.4 Å². The van der Waals surface area contributed by atoms with Crippen LogP contribution in [0.15, 0.2) is 23.0 Å². The monoisotopic (exact) mass is 263 g/mol. The lowest BCUT2D eigenvalue weighted by atomic mass is 9.94. The van der Waals surface area contributed by atoms with Crippen molar-refractivity contribution >= 4 is 17.0 Å². The van der Waals surface area contributed by atoms with Gasteiger partial charge in [0.25, 0.3) is 0 Å². The highest BCUT2D eigenvalue weighted by atomic mass is 16.4. The zero-order valence-corrected chi connectivity index (χ0v) is 10.9. The highest BCUT2D eigenvalue weighted by molar-refractivity contribution is 5.75. The van der Waals surface area contributed by atoms with Gasteiger partial charge in [-0.25, -0.2) is 4.79 Å². The molecule has 2 aromatic rings. The molecule has 0 saturated carbocycles. The predicted molar refractivity (Wildman–Crippen MR) is 72.0 cm³/mol. The zero-order valence-electron chi connectivity index (χ0n) is 10.9. The molecule has 0 aliphatic heterocycles. The topological polar surface area (TPSA) is 98.0 Å². The molecule has 0 bridgehead atoms. The Hall–Kier alpha value is -2.08.